The Balaban J connectivity index is 1.85. The predicted octanol–water partition coefficient (Wildman–Crippen LogP) is 2.17. The highest BCUT2D eigenvalue weighted by atomic mass is 32.1. The predicted molar refractivity (Wildman–Crippen MR) is 91.8 cm³/mol. The number of hydrogen-bond acceptors (Lipinski definition) is 7. The molecule has 0 aliphatic carbocycles. The minimum absolute atomic E-state index is 0.000456. The zero-order chi connectivity index (χ0) is 17.6. The van der Waals surface area contributed by atoms with Crippen LogP contribution >= 0.6 is 12.2 Å². The summed E-state index contributed by atoms with van der Waals surface area (Å²) in [6, 6.07) is 6.72. The molecule has 25 heavy (non-hydrogen) atoms. The molecule has 8 heteroatoms. The van der Waals surface area contributed by atoms with Gasteiger partial charge in [-0.1, -0.05) is 0 Å². The Bertz CT molecular complexity index is 958. The van der Waals surface area contributed by atoms with Crippen molar-refractivity contribution in [3.63, 3.8) is 0 Å². The molecule has 3 heterocycles. The minimum Gasteiger partial charge on any atom is -0.294 e. The summed E-state index contributed by atoms with van der Waals surface area (Å²) in [5, 5.41) is 6.66. The number of nitrogens with one attached hydrogen (secondary N) is 1. The average Bonchev–Trinajstić information content (AvgIpc) is 2.65. The summed E-state index contributed by atoms with van der Waals surface area (Å²) in [5.74, 6) is -0.332. The number of Topliss-reactive ketones (excluding diaryl/α,β-unsaturated/α-hetero) is 2. The van der Waals surface area contributed by atoms with Crippen molar-refractivity contribution in [2.75, 3.05) is 0 Å². The largest absolute Gasteiger partial charge is 0.294 e. The van der Waals surface area contributed by atoms with Gasteiger partial charge in [0.1, 0.15) is 0 Å². The lowest BCUT2D eigenvalue weighted by Crippen LogP contribution is -2.14. The van der Waals surface area contributed by atoms with E-state index >= 15 is 0 Å². The molecule has 0 saturated heterocycles. The zero-order valence-corrected chi connectivity index (χ0v) is 13.9. The van der Waals surface area contributed by atoms with Gasteiger partial charge in [-0.15, -0.1) is 0 Å². The molecule has 7 nitrogen and oxygen atoms in total. The Labute approximate surface area is 148 Å². The van der Waals surface area contributed by atoms with Crippen LogP contribution < -0.4 is 0 Å². The van der Waals surface area contributed by atoms with Crippen molar-refractivity contribution in [2.24, 2.45) is 0 Å². The number of hydrogen-bond donors (Lipinski definition) is 1. The highest BCUT2D eigenvalue weighted by Gasteiger charge is 2.17. The standard InChI is InChI=1S/C17H13N5O2S/c23-15(11-3-1-5-18-9-11)7-13-14(21-22-17(25)20-13)8-16(24)12-4-2-6-19-10-12/h1-6,9-10H,7-8H2,(H,20,22,25). The maximum Gasteiger partial charge on any atom is 0.213 e. The summed E-state index contributed by atoms with van der Waals surface area (Å²) in [6.45, 7) is 0. The van der Waals surface area contributed by atoms with E-state index in [0.29, 0.717) is 22.5 Å². The first-order valence-electron chi connectivity index (χ1n) is 7.44. The van der Waals surface area contributed by atoms with Crippen LogP contribution in [0.4, 0.5) is 0 Å². The summed E-state index contributed by atoms with van der Waals surface area (Å²) >= 11 is 4.99. The Hall–Kier alpha value is -3.13. The summed E-state index contributed by atoms with van der Waals surface area (Å²) < 4.78 is 0.159. The van der Waals surface area contributed by atoms with E-state index in [9.17, 15) is 9.59 Å². The molecule has 0 atom stereocenters. The van der Waals surface area contributed by atoms with Gasteiger partial charge in [0, 0.05) is 35.9 Å². The fourth-order valence-corrected chi connectivity index (χ4v) is 2.39. The number of pyridine rings is 2. The van der Waals surface area contributed by atoms with E-state index in [2.05, 4.69) is 25.1 Å². The number of carbonyl (C=O) groups excluding carboxylic acids is 2. The molecule has 3 rings (SSSR count). The third-order valence-electron chi connectivity index (χ3n) is 3.48. The molecule has 124 valence electrons. The van der Waals surface area contributed by atoms with E-state index < -0.39 is 0 Å². The summed E-state index contributed by atoms with van der Waals surface area (Å²) in [4.78, 5) is 36.8. The monoisotopic (exact) mass is 351 g/mol. The average molecular weight is 351 g/mol. The van der Waals surface area contributed by atoms with Crippen molar-refractivity contribution in [1.82, 2.24) is 25.1 Å². The van der Waals surface area contributed by atoms with Gasteiger partial charge in [-0.25, -0.2) is 4.98 Å². The number of ketones is 2. The maximum absolute atomic E-state index is 12.4. The van der Waals surface area contributed by atoms with Crippen molar-refractivity contribution in [3.05, 3.63) is 76.3 Å². The molecule has 0 aliphatic heterocycles. The van der Waals surface area contributed by atoms with Gasteiger partial charge < -0.3 is 0 Å². The van der Waals surface area contributed by atoms with Crippen LogP contribution in [-0.4, -0.2) is 36.7 Å². The van der Waals surface area contributed by atoms with Crippen LogP contribution in [0.15, 0.2) is 49.1 Å². The Morgan fingerprint density at radius 3 is 2.00 bits per heavy atom. The lowest BCUT2D eigenvalue weighted by Gasteiger charge is -2.06. The summed E-state index contributed by atoms with van der Waals surface area (Å²) in [6.07, 6.45) is 6.15. The van der Waals surface area contributed by atoms with Gasteiger partial charge in [-0.2, -0.15) is 5.10 Å². The van der Waals surface area contributed by atoms with Gasteiger partial charge in [0.05, 0.1) is 24.2 Å². The number of nitrogens with zero attached hydrogens (tertiary/aromatic N) is 4. The van der Waals surface area contributed by atoms with Crippen LogP contribution in [0.1, 0.15) is 32.1 Å². The Morgan fingerprint density at radius 2 is 1.48 bits per heavy atom. The van der Waals surface area contributed by atoms with E-state index in [1.54, 1.807) is 36.7 Å². The SMILES string of the molecule is O=C(Cc1n[nH]c(=S)nc1CC(=O)c1cccnc1)c1cccnc1. The van der Waals surface area contributed by atoms with Gasteiger partial charge in [0.15, 0.2) is 11.6 Å². The summed E-state index contributed by atoms with van der Waals surface area (Å²) in [7, 11) is 0. The molecule has 1 N–H and O–H groups in total. The molecule has 0 saturated carbocycles. The van der Waals surface area contributed by atoms with Crippen molar-refractivity contribution >= 4 is 23.8 Å². The number of rotatable bonds is 6. The molecule has 0 bridgehead atoms. The molecule has 3 aromatic heterocycles. The molecule has 3 aromatic rings. The van der Waals surface area contributed by atoms with E-state index in [-0.39, 0.29) is 29.2 Å². The Morgan fingerprint density at radius 1 is 0.920 bits per heavy atom. The fourth-order valence-electron chi connectivity index (χ4n) is 2.24. The third-order valence-corrected chi connectivity index (χ3v) is 3.66. The lowest BCUT2D eigenvalue weighted by atomic mass is 10.0. The first-order valence-corrected chi connectivity index (χ1v) is 7.85. The van der Waals surface area contributed by atoms with Gasteiger partial charge in [-0.3, -0.25) is 24.7 Å². The molecular formula is C17H13N5O2S. The van der Waals surface area contributed by atoms with Gasteiger partial charge in [0.25, 0.3) is 0 Å². The highest BCUT2D eigenvalue weighted by Crippen LogP contribution is 2.11. The van der Waals surface area contributed by atoms with Gasteiger partial charge >= 0.3 is 0 Å². The van der Waals surface area contributed by atoms with Crippen LogP contribution in [0.3, 0.4) is 0 Å². The van der Waals surface area contributed by atoms with Crippen LogP contribution in [0.25, 0.3) is 0 Å². The van der Waals surface area contributed by atoms with Crippen molar-refractivity contribution in [3.8, 4) is 0 Å². The van der Waals surface area contributed by atoms with E-state index in [1.807, 2.05) is 0 Å². The van der Waals surface area contributed by atoms with E-state index in [1.165, 1.54) is 12.4 Å². The Kier molecular flexibility index (Phi) is 5.10. The number of aromatic nitrogens is 5. The highest BCUT2D eigenvalue weighted by molar-refractivity contribution is 7.71. The maximum atomic E-state index is 12.4. The third kappa shape index (κ3) is 4.24. The number of aromatic amines is 1. The first kappa shape index (κ1) is 16.7. The normalized spacial score (nSPS) is 10.4. The second-order valence-corrected chi connectivity index (χ2v) is 5.60. The van der Waals surface area contributed by atoms with Crippen LogP contribution in [0, 0.1) is 4.77 Å². The second kappa shape index (κ2) is 7.63. The molecule has 0 radical (unpaired) electrons. The zero-order valence-electron chi connectivity index (χ0n) is 13.0. The van der Waals surface area contributed by atoms with Crippen molar-refractivity contribution in [1.29, 1.82) is 0 Å². The molecular weight excluding hydrogens is 338 g/mol. The summed E-state index contributed by atoms with van der Waals surface area (Å²) in [5.41, 5.74) is 1.71. The number of H-pyrrole nitrogens is 1. The van der Waals surface area contributed by atoms with Crippen LogP contribution in [0.5, 0.6) is 0 Å². The van der Waals surface area contributed by atoms with Gasteiger partial charge in [-0.05, 0) is 36.5 Å². The molecule has 0 unspecified atom stereocenters. The lowest BCUT2D eigenvalue weighted by molar-refractivity contribution is 0.0976. The molecule has 0 aromatic carbocycles. The fraction of sp³-hybridized carbons (Fsp3) is 0.118. The quantitative estimate of drug-likeness (QED) is 0.536. The van der Waals surface area contributed by atoms with Gasteiger partial charge in [0.2, 0.25) is 4.77 Å². The van der Waals surface area contributed by atoms with Crippen LogP contribution in [0.2, 0.25) is 0 Å². The second-order valence-electron chi connectivity index (χ2n) is 5.22. The minimum atomic E-state index is -0.168. The first-order chi connectivity index (χ1) is 12.1. The smallest absolute Gasteiger partial charge is 0.213 e. The van der Waals surface area contributed by atoms with Crippen LogP contribution in [-0.2, 0) is 12.8 Å². The number of carbonyl (C=O) groups is 2. The van der Waals surface area contributed by atoms with E-state index in [4.69, 9.17) is 12.2 Å². The van der Waals surface area contributed by atoms with Crippen molar-refractivity contribution < 1.29 is 9.59 Å². The van der Waals surface area contributed by atoms with Crippen molar-refractivity contribution in [2.45, 2.75) is 12.8 Å². The topological polar surface area (TPSA) is 101 Å². The molecule has 0 fully saturated rings. The molecule has 0 amide bonds. The molecule has 0 aliphatic rings. The molecule has 0 spiro atoms. The van der Waals surface area contributed by atoms with E-state index in [0.717, 1.165) is 0 Å².